The first-order valence-corrected chi connectivity index (χ1v) is 13.1. The molecule has 4 heteroatoms. The first-order chi connectivity index (χ1) is 16.1. The fraction of sp³-hybridized carbons (Fsp3) is 0.625. The summed E-state index contributed by atoms with van der Waals surface area (Å²) in [4.78, 5) is 0. The van der Waals surface area contributed by atoms with Crippen LogP contribution in [0.25, 0.3) is 0 Å². The second-order valence-electron chi connectivity index (χ2n) is 14.6. The molecule has 2 aromatic rings. The molecule has 36 heavy (non-hydrogen) atoms. The lowest BCUT2D eigenvalue weighted by molar-refractivity contribution is 0.176. The van der Waals surface area contributed by atoms with Gasteiger partial charge in [0.05, 0.1) is 6.61 Å². The number of rotatable bonds is 5. The smallest absolute Gasteiger partial charge is 0.123 e. The molecular weight excluding hydrogens is 448 g/mol. The predicted octanol–water partition coefficient (Wildman–Crippen LogP) is 6.95. The minimum Gasteiger partial charge on any atom is -0.507 e. The van der Waals surface area contributed by atoms with Gasteiger partial charge in [0.25, 0.3) is 0 Å². The summed E-state index contributed by atoms with van der Waals surface area (Å²) in [6.07, 6.45) is 0.305. The van der Waals surface area contributed by atoms with Gasteiger partial charge in [0, 0.05) is 12.0 Å². The highest BCUT2D eigenvalue weighted by molar-refractivity contribution is 5.57. The zero-order chi connectivity index (χ0) is 28.1. The van der Waals surface area contributed by atoms with Crippen molar-refractivity contribution in [2.75, 3.05) is 13.2 Å². The third-order valence-electron chi connectivity index (χ3n) is 7.37. The lowest BCUT2D eigenvalue weighted by Gasteiger charge is -2.38. The van der Waals surface area contributed by atoms with Crippen LogP contribution in [0.2, 0.25) is 0 Å². The van der Waals surface area contributed by atoms with Crippen molar-refractivity contribution in [3.63, 3.8) is 0 Å². The van der Waals surface area contributed by atoms with Crippen LogP contribution in [0, 0.1) is 0 Å². The van der Waals surface area contributed by atoms with Gasteiger partial charge in [-0.1, -0.05) is 107 Å². The SMILES string of the molecule is CC(C)(C)c1cc(C(CO)(CCO)c2cc(C(C)(C)C)c(O)c(C(C)(C)C)c2)cc(C(C)(C)C)c1O. The number of aromatic hydroxyl groups is 2. The van der Waals surface area contributed by atoms with Crippen LogP contribution in [0.5, 0.6) is 11.5 Å². The molecule has 2 rings (SSSR count). The molecule has 0 aliphatic heterocycles. The topological polar surface area (TPSA) is 80.9 Å². The maximum atomic E-state index is 11.3. The van der Waals surface area contributed by atoms with Crippen molar-refractivity contribution in [2.45, 2.75) is 117 Å². The summed E-state index contributed by atoms with van der Waals surface area (Å²) >= 11 is 0. The third-order valence-corrected chi connectivity index (χ3v) is 7.37. The summed E-state index contributed by atoms with van der Waals surface area (Å²) in [5.74, 6) is 0.567. The van der Waals surface area contributed by atoms with Crippen LogP contribution >= 0.6 is 0 Å². The fourth-order valence-electron chi connectivity index (χ4n) is 5.02. The monoisotopic (exact) mass is 498 g/mol. The zero-order valence-corrected chi connectivity index (χ0v) is 24.7. The molecule has 0 saturated heterocycles. The maximum absolute atomic E-state index is 11.3. The van der Waals surface area contributed by atoms with Crippen molar-refractivity contribution in [3.8, 4) is 11.5 Å². The largest absolute Gasteiger partial charge is 0.507 e. The summed E-state index contributed by atoms with van der Waals surface area (Å²) in [7, 11) is 0. The lowest BCUT2D eigenvalue weighted by atomic mass is 9.67. The highest BCUT2D eigenvalue weighted by Crippen LogP contribution is 2.48. The van der Waals surface area contributed by atoms with Crippen LogP contribution in [-0.2, 0) is 27.1 Å². The van der Waals surface area contributed by atoms with Crippen molar-refractivity contribution < 1.29 is 20.4 Å². The molecule has 4 nitrogen and oxygen atoms in total. The number of phenolic OH excluding ortho intramolecular Hbond substituents is 2. The predicted molar refractivity (Wildman–Crippen MR) is 151 cm³/mol. The van der Waals surface area contributed by atoms with Crippen LogP contribution in [0.15, 0.2) is 24.3 Å². The number of benzene rings is 2. The second kappa shape index (κ2) is 9.68. The first-order valence-electron chi connectivity index (χ1n) is 13.1. The molecule has 0 saturated carbocycles. The van der Waals surface area contributed by atoms with Crippen LogP contribution in [0.3, 0.4) is 0 Å². The normalized spacial score (nSPS) is 13.8. The molecular formula is C32H50O4. The zero-order valence-electron chi connectivity index (χ0n) is 24.7. The average molecular weight is 499 g/mol. The van der Waals surface area contributed by atoms with Gasteiger partial charge in [-0.25, -0.2) is 0 Å². The van der Waals surface area contributed by atoms with Gasteiger partial charge in [0.2, 0.25) is 0 Å². The van der Waals surface area contributed by atoms with Gasteiger partial charge < -0.3 is 20.4 Å². The Bertz CT molecular complexity index is 932. The Morgan fingerprint density at radius 3 is 0.917 bits per heavy atom. The number of hydrogen-bond donors (Lipinski definition) is 4. The average Bonchev–Trinajstić information content (AvgIpc) is 2.69. The van der Waals surface area contributed by atoms with Gasteiger partial charge in [0.15, 0.2) is 0 Å². The molecule has 0 aliphatic carbocycles. The number of aliphatic hydroxyl groups is 2. The van der Waals surface area contributed by atoms with Gasteiger partial charge in [-0.2, -0.15) is 0 Å². The molecule has 0 unspecified atom stereocenters. The van der Waals surface area contributed by atoms with E-state index in [1.54, 1.807) is 0 Å². The molecule has 0 heterocycles. The molecule has 0 aromatic heterocycles. The highest BCUT2D eigenvalue weighted by atomic mass is 16.3. The molecule has 0 spiro atoms. The first kappa shape index (κ1) is 30.2. The van der Waals surface area contributed by atoms with E-state index in [1.807, 2.05) is 24.3 Å². The maximum Gasteiger partial charge on any atom is 0.123 e. The van der Waals surface area contributed by atoms with E-state index in [4.69, 9.17) is 0 Å². The van der Waals surface area contributed by atoms with Crippen molar-refractivity contribution in [1.29, 1.82) is 0 Å². The van der Waals surface area contributed by atoms with Gasteiger partial charge in [-0.05, 0) is 61.5 Å². The van der Waals surface area contributed by atoms with Gasteiger partial charge >= 0.3 is 0 Å². The second-order valence-corrected chi connectivity index (χ2v) is 14.6. The van der Waals surface area contributed by atoms with E-state index >= 15 is 0 Å². The summed E-state index contributed by atoms with van der Waals surface area (Å²) in [5.41, 5.74) is 2.72. The van der Waals surface area contributed by atoms with E-state index in [-0.39, 0.29) is 46.4 Å². The van der Waals surface area contributed by atoms with Crippen LogP contribution in [-0.4, -0.2) is 33.6 Å². The van der Waals surface area contributed by atoms with E-state index < -0.39 is 5.41 Å². The fourth-order valence-corrected chi connectivity index (χ4v) is 5.02. The standard InChI is InChI=1S/C32H50O4/c1-28(2,3)22-15-20(16-23(26(22)35)29(4,5)6)32(19-34,13-14-33)21-17-24(30(7,8)9)27(36)25(18-21)31(10,11)12/h15-18,33-36H,13-14,19H2,1-12H3. The summed E-state index contributed by atoms with van der Waals surface area (Å²) in [6.45, 7) is 24.5. The van der Waals surface area contributed by atoms with E-state index in [0.717, 1.165) is 33.4 Å². The highest BCUT2D eigenvalue weighted by Gasteiger charge is 2.39. The van der Waals surface area contributed by atoms with Crippen molar-refractivity contribution in [3.05, 3.63) is 57.6 Å². The minimum absolute atomic E-state index is 0.117. The Kier molecular flexibility index (Phi) is 8.12. The van der Waals surface area contributed by atoms with Crippen LogP contribution in [0.1, 0.15) is 123 Å². The molecule has 202 valence electrons. The van der Waals surface area contributed by atoms with E-state index in [2.05, 4.69) is 83.1 Å². The quantitative estimate of drug-likeness (QED) is 0.360. The summed E-state index contributed by atoms with van der Waals surface area (Å²) < 4.78 is 0. The van der Waals surface area contributed by atoms with E-state index in [1.165, 1.54) is 0 Å². The molecule has 0 bridgehead atoms. The molecule has 0 atom stereocenters. The Balaban J connectivity index is 3.12. The van der Waals surface area contributed by atoms with Gasteiger partial charge in [0.1, 0.15) is 11.5 Å². The summed E-state index contributed by atoms with van der Waals surface area (Å²) in [5, 5.41) is 44.0. The molecule has 0 amide bonds. The molecule has 0 fully saturated rings. The molecule has 4 N–H and O–H groups in total. The molecule has 0 aliphatic rings. The van der Waals surface area contributed by atoms with Crippen molar-refractivity contribution in [2.24, 2.45) is 0 Å². The van der Waals surface area contributed by atoms with Crippen molar-refractivity contribution >= 4 is 0 Å². The van der Waals surface area contributed by atoms with E-state index in [0.29, 0.717) is 6.42 Å². The molecule has 2 aromatic carbocycles. The Morgan fingerprint density at radius 1 is 0.500 bits per heavy atom. The van der Waals surface area contributed by atoms with Crippen molar-refractivity contribution in [1.82, 2.24) is 0 Å². The van der Waals surface area contributed by atoms with E-state index in [9.17, 15) is 20.4 Å². The third kappa shape index (κ3) is 5.75. The number of hydrogen-bond acceptors (Lipinski definition) is 4. The summed E-state index contributed by atoms with van der Waals surface area (Å²) in [6, 6.07) is 7.99. The number of aliphatic hydroxyl groups excluding tert-OH is 2. The Morgan fingerprint density at radius 2 is 0.750 bits per heavy atom. The lowest BCUT2D eigenvalue weighted by Crippen LogP contribution is -2.35. The number of phenols is 2. The Hall–Kier alpha value is -2.04. The van der Waals surface area contributed by atoms with Crippen LogP contribution < -0.4 is 0 Å². The Labute approximate surface area is 219 Å². The van der Waals surface area contributed by atoms with Gasteiger partial charge in [-0.3, -0.25) is 0 Å². The van der Waals surface area contributed by atoms with Crippen LogP contribution in [0.4, 0.5) is 0 Å². The van der Waals surface area contributed by atoms with Gasteiger partial charge in [-0.15, -0.1) is 0 Å². The molecule has 0 radical (unpaired) electrons. The minimum atomic E-state index is -0.920.